The lowest BCUT2D eigenvalue weighted by molar-refractivity contribution is -0.143. The summed E-state index contributed by atoms with van der Waals surface area (Å²) in [5, 5.41) is 3.85. The van der Waals surface area contributed by atoms with Gasteiger partial charge in [0.1, 0.15) is 11.8 Å². The quantitative estimate of drug-likeness (QED) is 0.294. The summed E-state index contributed by atoms with van der Waals surface area (Å²) in [5.41, 5.74) is 1.94. The van der Waals surface area contributed by atoms with E-state index >= 15 is 0 Å². The highest BCUT2D eigenvalue weighted by Gasteiger charge is 2.32. The van der Waals surface area contributed by atoms with Crippen molar-refractivity contribution >= 4 is 39.3 Å². The van der Waals surface area contributed by atoms with Crippen molar-refractivity contribution in [1.29, 1.82) is 0 Å². The van der Waals surface area contributed by atoms with Crippen molar-refractivity contribution in [3.8, 4) is 5.75 Å². The predicted molar refractivity (Wildman–Crippen MR) is 151 cm³/mol. The number of hydrogen-bond donors (Lipinski definition) is 1. The summed E-state index contributed by atoms with van der Waals surface area (Å²) in [7, 11) is 0. The molecule has 1 saturated carbocycles. The molecule has 0 heterocycles. The van der Waals surface area contributed by atoms with E-state index in [2.05, 4.69) is 21.2 Å². The average molecular weight is 584 g/mol. The summed E-state index contributed by atoms with van der Waals surface area (Å²) in [6.07, 6.45) is 5.81. The molecule has 1 aliphatic rings. The lowest BCUT2D eigenvalue weighted by Crippen LogP contribution is -2.53. The van der Waals surface area contributed by atoms with E-state index in [1.807, 2.05) is 54.6 Å². The Balaban J connectivity index is 1.59. The molecule has 2 amide bonds. The predicted octanol–water partition coefficient (Wildman–Crippen LogP) is 6.57. The van der Waals surface area contributed by atoms with Gasteiger partial charge in [0.15, 0.2) is 6.61 Å². The van der Waals surface area contributed by atoms with Gasteiger partial charge in [-0.25, -0.2) is 0 Å². The van der Waals surface area contributed by atoms with Crippen molar-refractivity contribution in [1.82, 2.24) is 10.2 Å². The van der Waals surface area contributed by atoms with Crippen LogP contribution in [0.15, 0.2) is 83.3 Å². The lowest BCUT2D eigenvalue weighted by Gasteiger charge is -2.33. The van der Waals surface area contributed by atoms with E-state index in [4.69, 9.17) is 16.3 Å². The van der Waals surface area contributed by atoms with Gasteiger partial charge in [0.2, 0.25) is 5.91 Å². The first-order valence-electron chi connectivity index (χ1n) is 12.7. The first kappa shape index (κ1) is 27.2. The fourth-order valence-corrected chi connectivity index (χ4v) is 5.03. The molecule has 0 saturated heterocycles. The molecule has 0 aliphatic heterocycles. The number of nitrogens with one attached hydrogen (secondary N) is 1. The van der Waals surface area contributed by atoms with Crippen LogP contribution >= 0.6 is 27.5 Å². The molecular weight excluding hydrogens is 552 g/mol. The second kappa shape index (κ2) is 13.6. The van der Waals surface area contributed by atoms with Crippen LogP contribution in [0.4, 0.5) is 0 Å². The van der Waals surface area contributed by atoms with E-state index in [-0.39, 0.29) is 24.5 Å². The van der Waals surface area contributed by atoms with Gasteiger partial charge in [-0.05, 0) is 60.4 Å². The Kier molecular flexibility index (Phi) is 10.0. The molecule has 4 rings (SSSR count). The SMILES string of the molecule is O=C(NC1CCCCC1)[C@@H](Cc1ccccc1)N(Cc1ccc(Br)cc1)C(=O)COc1ccc(Cl)cc1. The van der Waals surface area contributed by atoms with Crippen LogP contribution in [0, 0.1) is 0 Å². The van der Waals surface area contributed by atoms with Crippen LogP contribution in [0.1, 0.15) is 43.2 Å². The molecule has 37 heavy (non-hydrogen) atoms. The number of benzene rings is 3. The molecule has 3 aromatic carbocycles. The summed E-state index contributed by atoms with van der Waals surface area (Å²) >= 11 is 9.46. The zero-order valence-electron chi connectivity index (χ0n) is 20.7. The Bertz CT molecular complexity index is 1150. The van der Waals surface area contributed by atoms with Crippen molar-refractivity contribution in [2.75, 3.05) is 6.61 Å². The van der Waals surface area contributed by atoms with E-state index in [1.165, 1.54) is 6.42 Å². The number of amides is 2. The topological polar surface area (TPSA) is 58.6 Å². The molecule has 194 valence electrons. The Morgan fingerprint density at radius 3 is 2.27 bits per heavy atom. The minimum Gasteiger partial charge on any atom is -0.484 e. The normalized spacial score (nSPS) is 14.5. The van der Waals surface area contributed by atoms with Gasteiger partial charge >= 0.3 is 0 Å². The lowest BCUT2D eigenvalue weighted by atomic mass is 9.94. The molecule has 0 bridgehead atoms. The Hall–Kier alpha value is -2.83. The Labute approximate surface area is 232 Å². The number of nitrogens with zero attached hydrogens (tertiary/aromatic N) is 1. The van der Waals surface area contributed by atoms with Crippen LogP contribution < -0.4 is 10.1 Å². The van der Waals surface area contributed by atoms with Gasteiger partial charge in [-0.15, -0.1) is 0 Å². The van der Waals surface area contributed by atoms with E-state index in [1.54, 1.807) is 29.2 Å². The number of carbonyl (C=O) groups excluding carboxylic acids is 2. The molecule has 0 aromatic heterocycles. The van der Waals surface area contributed by atoms with E-state index in [9.17, 15) is 9.59 Å². The highest BCUT2D eigenvalue weighted by atomic mass is 79.9. The Morgan fingerprint density at radius 2 is 1.59 bits per heavy atom. The third kappa shape index (κ3) is 8.34. The fourth-order valence-electron chi connectivity index (χ4n) is 4.64. The molecule has 1 fully saturated rings. The molecule has 1 N–H and O–H groups in total. The van der Waals surface area contributed by atoms with Crippen molar-refractivity contribution < 1.29 is 14.3 Å². The maximum atomic E-state index is 13.7. The highest BCUT2D eigenvalue weighted by molar-refractivity contribution is 9.10. The second-order valence-electron chi connectivity index (χ2n) is 9.44. The van der Waals surface area contributed by atoms with Gasteiger partial charge in [0.05, 0.1) is 0 Å². The number of ether oxygens (including phenoxy) is 1. The summed E-state index contributed by atoms with van der Waals surface area (Å²) < 4.78 is 6.76. The van der Waals surface area contributed by atoms with E-state index in [0.29, 0.717) is 23.7 Å². The molecular formula is C30H32BrClN2O3. The maximum absolute atomic E-state index is 13.7. The largest absolute Gasteiger partial charge is 0.484 e. The van der Waals surface area contributed by atoms with Crippen LogP contribution in [0.5, 0.6) is 5.75 Å². The first-order valence-corrected chi connectivity index (χ1v) is 13.9. The van der Waals surface area contributed by atoms with Crippen LogP contribution in [-0.4, -0.2) is 35.4 Å². The van der Waals surface area contributed by atoms with Gasteiger partial charge in [0.25, 0.3) is 5.91 Å². The van der Waals surface area contributed by atoms with Crippen molar-refractivity contribution in [2.45, 2.75) is 57.2 Å². The molecule has 0 spiro atoms. The number of carbonyl (C=O) groups is 2. The molecule has 1 atom stereocenters. The zero-order chi connectivity index (χ0) is 26.0. The minimum absolute atomic E-state index is 0.118. The summed E-state index contributed by atoms with van der Waals surface area (Å²) in [5.74, 6) is 0.179. The third-order valence-electron chi connectivity index (χ3n) is 6.66. The molecule has 1 aliphatic carbocycles. The molecule has 5 nitrogen and oxygen atoms in total. The van der Waals surface area contributed by atoms with Gasteiger partial charge in [0, 0.05) is 28.5 Å². The maximum Gasteiger partial charge on any atom is 0.261 e. The molecule has 3 aromatic rings. The summed E-state index contributed by atoms with van der Waals surface area (Å²) in [6.45, 7) is 0.117. The number of halogens is 2. The van der Waals surface area contributed by atoms with Crippen LogP contribution in [0.25, 0.3) is 0 Å². The average Bonchev–Trinajstić information content (AvgIpc) is 2.92. The molecule has 0 unspecified atom stereocenters. The van der Waals surface area contributed by atoms with Gasteiger partial charge in [-0.2, -0.15) is 0 Å². The standard InChI is InChI=1S/C30H32BrClN2O3/c31-24-13-11-23(12-14-24)20-34(29(35)21-37-27-17-15-25(32)16-18-27)28(19-22-7-3-1-4-8-22)30(36)33-26-9-5-2-6-10-26/h1,3-4,7-8,11-18,26,28H,2,5-6,9-10,19-21H2,(H,33,36)/t28-/m1/s1. The van der Waals surface area contributed by atoms with Crippen LogP contribution in [0.3, 0.4) is 0 Å². The number of rotatable bonds is 10. The smallest absolute Gasteiger partial charge is 0.261 e. The summed E-state index contributed by atoms with van der Waals surface area (Å²) in [4.78, 5) is 29.1. The van der Waals surface area contributed by atoms with Gasteiger partial charge < -0.3 is 15.0 Å². The highest BCUT2D eigenvalue weighted by Crippen LogP contribution is 2.21. The molecule has 7 heteroatoms. The van der Waals surface area contributed by atoms with E-state index < -0.39 is 6.04 Å². The van der Waals surface area contributed by atoms with Crippen molar-refractivity contribution in [3.63, 3.8) is 0 Å². The second-order valence-corrected chi connectivity index (χ2v) is 10.8. The number of hydrogen-bond acceptors (Lipinski definition) is 3. The zero-order valence-corrected chi connectivity index (χ0v) is 23.1. The first-order chi connectivity index (χ1) is 18.0. The van der Waals surface area contributed by atoms with Crippen molar-refractivity contribution in [3.05, 3.63) is 99.5 Å². The van der Waals surface area contributed by atoms with Crippen LogP contribution in [0.2, 0.25) is 5.02 Å². The van der Waals surface area contributed by atoms with Crippen LogP contribution in [-0.2, 0) is 22.6 Å². The summed E-state index contributed by atoms with van der Waals surface area (Å²) in [6, 6.07) is 24.0. The minimum atomic E-state index is -0.672. The monoisotopic (exact) mass is 582 g/mol. The fraction of sp³-hybridized carbons (Fsp3) is 0.333. The van der Waals surface area contributed by atoms with Crippen molar-refractivity contribution in [2.24, 2.45) is 0 Å². The van der Waals surface area contributed by atoms with Gasteiger partial charge in [-0.1, -0.05) is 89.3 Å². The van der Waals surface area contributed by atoms with Gasteiger partial charge in [-0.3, -0.25) is 9.59 Å². The third-order valence-corrected chi connectivity index (χ3v) is 7.45. The molecule has 0 radical (unpaired) electrons. The Morgan fingerprint density at radius 1 is 0.919 bits per heavy atom. The van der Waals surface area contributed by atoms with E-state index in [0.717, 1.165) is 41.3 Å².